The summed E-state index contributed by atoms with van der Waals surface area (Å²) in [5, 5.41) is 0. The summed E-state index contributed by atoms with van der Waals surface area (Å²) in [6.45, 7) is 10.7. The summed E-state index contributed by atoms with van der Waals surface area (Å²) in [6, 6.07) is 4.69. The van der Waals surface area contributed by atoms with Gasteiger partial charge in [0.15, 0.2) is 0 Å². The Morgan fingerprint density at radius 3 is 2.62 bits per heavy atom. The molecule has 0 amide bonds. The fourth-order valence-corrected chi connectivity index (χ4v) is 2.34. The van der Waals surface area contributed by atoms with Crippen LogP contribution in [0.15, 0.2) is 12.1 Å². The van der Waals surface area contributed by atoms with Gasteiger partial charge >= 0.3 is 0 Å². The van der Waals surface area contributed by atoms with Crippen LogP contribution in [0, 0.1) is 6.92 Å². The zero-order valence-electron chi connectivity index (χ0n) is 10.9. The molecule has 1 aromatic rings. The van der Waals surface area contributed by atoms with Gasteiger partial charge in [-0.1, -0.05) is 32.9 Å². The summed E-state index contributed by atoms with van der Waals surface area (Å²) < 4.78 is 5.64. The minimum atomic E-state index is 0.228. The second kappa shape index (κ2) is 4.21. The molecule has 0 fully saturated rings. The zero-order chi connectivity index (χ0) is 11.8. The van der Waals surface area contributed by atoms with Gasteiger partial charge in [0.25, 0.3) is 0 Å². The normalized spacial score (nSPS) is 16.8. The van der Waals surface area contributed by atoms with E-state index >= 15 is 0 Å². The Labute approximate surface area is 98.8 Å². The van der Waals surface area contributed by atoms with Crippen molar-refractivity contribution in [1.29, 1.82) is 0 Å². The number of ether oxygens (including phenoxy) is 1. The first kappa shape index (κ1) is 11.7. The average Bonchev–Trinajstić information content (AvgIpc) is 2.41. The van der Waals surface area contributed by atoms with E-state index in [1.807, 2.05) is 0 Å². The molecular weight excluding hydrogens is 196 g/mol. The molecule has 1 nitrogen and oxygen atoms in total. The third kappa shape index (κ3) is 2.30. The first-order chi connectivity index (χ1) is 7.48. The lowest BCUT2D eigenvalue weighted by Crippen LogP contribution is -2.13. The first-order valence-electron chi connectivity index (χ1n) is 6.19. The topological polar surface area (TPSA) is 9.23 Å². The van der Waals surface area contributed by atoms with Crippen LogP contribution >= 0.6 is 0 Å². The van der Waals surface area contributed by atoms with Crippen molar-refractivity contribution in [2.24, 2.45) is 0 Å². The van der Waals surface area contributed by atoms with Gasteiger partial charge < -0.3 is 4.74 Å². The largest absolute Gasteiger partial charge is 0.377 e. The molecule has 16 heavy (non-hydrogen) atoms. The van der Waals surface area contributed by atoms with Crippen LogP contribution < -0.4 is 0 Å². The molecule has 1 aliphatic heterocycles. The molecule has 1 aromatic carbocycles. The van der Waals surface area contributed by atoms with Crippen LogP contribution in [-0.4, -0.2) is 6.61 Å². The first-order valence-corrected chi connectivity index (χ1v) is 6.19. The van der Waals surface area contributed by atoms with Crippen LogP contribution in [0.25, 0.3) is 0 Å². The number of fused-ring (bicyclic) bond motifs is 1. The monoisotopic (exact) mass is 218 g/mol. The van der Waals surface area contributed by atoms with Crippen LogP contribution in [0.1, 0.15) is 49.4 Å². The summed E-state index contributed by atoms with van der Waals surface area (Å²) in [4.78, 5) is 0. The van der Waals surface area contributed by atoms with Gasteiger partial charge in [-0.15, -0.1) is 0 Å². The van der Waals surface area contributed by atoms with Gasteiger partial charge in [-0.3, -0.25) is 0 Å². The Morgan fingerprint density at radius 1 is 1.19 bits per heavy atom. The lowest BCUT2D eigenvalue weighted by atomic mass is 9.83. The van der Waals surface area contributed by atoms with Crippen LogP contribution in [0.2, 0.25) is 0 Å². The van der Waals surface area contributed by atoms with E-state index in [9.17, 15) is 0 Å². The number of benzene rings is 1. The number of aryl methyl sites for hydroxylation is 1. The smallest absolute Gasteiger partial charge is 0.0719 e. The van der Waals surface area contributed by atoms with Gasteiger partial charge in [0.05, 0.1) is 6.61 Å². The van der Waals surface area contributed by atoms with Gasteiger partial charge in [-0.2, -0.15) is 0 Å². The van der Waals surface area contributed by atoms with Crippen molar-refractivity contribution in [2.45, 2.75) is 52.6 Å². The number of rotatable bonds is 0. The average molecular weight is 218 g/mol. The Kier molecular flexibility index (Phi) is 3.07. The molecule has 0 aliphatic carbocycles. The van der Waals surface area contributed by atoms with E-state index in [-0.39, 0.29) is 5.41 Å². The van der Waals surface area contributed by atoms with Gasteiger partial charge in [0.2, 0.25) is 0 Å². The van der Waals surface area contributed by atoms with E-state index < -0.39 is 0 Å². The van der Waals surface area contributed by atoms with Crippen molar-refractivity contribution in [2.75, 3.05) is 6.61 Å². The summed E-state index contributed by atoms with van der Waals surface area (Å²) in [5.41, 5.74) is 6.02. The fraction of sp³-hybridized carbons (Fsp3) is 0.600. The second-order valence-corrected chi connectivity index (χ2v) is 5.84. The second-order valence-electron chi connectivity index (χ2n) is 5.84. The van der Waals surface area contributed by atoms with E-state index in [0.29, 0.717) is 0 Å². The van der Waals surface area contributed by atoms with Gasteiger partial charge in [0.1, 0.15) is 0 Å². The third-order valence-corrected chi connectivity index (χ3v) is 3.40. The van der Waals surface area contributed by atoms with Crippen LogP contribution in [0.3, 0.4) is 0 Å². The molecule has 0 atom stereocenters. The molecule has 0 aromatic heterocycles. The maximum absolute atomic E-state index is 5.64. The maximum Gasteiger partial charge on any atom is 0.0719 e. The lowest BCUT2D eigenvalue weighted by Gasteiger charge is -2.22. The highest BCUT2D eigenvalue weighted by Gasteiger charge is 2.18. The minimum Gasteiger partial charge on any atom is -0.377 e. The van der Waals surface area contributed by atoms with Gasteiger partial charge in [-0.25, -0.2) is 0 Å². The third-order valence-electron chi connectivity index (χ3n) is 3.40. The van der Waals surface area contributed by atoms with Crippen molar-refractivity contribution in [3.63, 3.8) is 0 Å². The summed E-state index contributed by atoms with van der Waals surface area (Å²) in [7, 11) is 0. The molecule has 0 saturated heterocycles. The van der Waals surface area contributed by atoms with Crippen molar-refractivity contribution in [3.05, 3.63) is 34.4 Å². The molecule has 0 unspecified atom stereocenters. The Balaban J connectivity index is 2.48. The van der Waals surface area contributed by atoms with E-state index in [0.717, 1.165) is 19.6 Å². The van der Waals surface area contributed by atoms with E-state index in [1.54, 1.807) is 0 Å². The Hall–Kier alpha value is -0.820. The van der Waals surface area contributed by atoms with Crippen LogP contribution in [0.5, 0.6) is 0 Å². The van der Waals surface area contributed by atoms with Gasteiger partial charge in [0, 0.05) is 6.61 Å². The lowest BCUT2D eigenvalue weighted by molar-refractivity contribution is 0.125. The minimum absolute atomic E-state index is 0.228. The van der Waals surface area contributed by atoms with Crippen molar-refractivity contribution in [3.8, 4) is 0 Å². The Morgan fingerprint density at radius 2 is 1.94 bits per heavy atom. The molecular formula is C15H22O. The molecule has 0 spiro atoms. The standard InChI is InChI=1S/C15H22O/c1-11-8-13(15(2,3)4)9-12-10-16-7-5-6-14(11)12/h8-9H,5-7,10H2,1-4H3. The Bertz CT molecular complexity index is 385. The van der Waals surface area contributed by atoms with Crippen LogP contribution in [0.4, 0.5) is 0 Å². The molecule has 0 radical (unpaired) electrons. The highest BCUT2D eigenvalue weighted by atomic mass is 16.5. The summed E-state index contributed by atoms with van der Waals surface area (Å²) in [5.74, 6) is 0. The highest BCUT2D eigenvalue weighted by molar-refractivity contribution is 5.41. The predicted molar refractivity (Wildman–Crippen MR) is 67.9 cm³/mol. The van der Waals surface area contributed by atoms with Crippen LogP contribution in [-0.2, 0) is 23.2 Å². The summed E-state index contributed by atoms with van der Waals surface area (Å²) in [6.07, 6.45) is 2.33. The van der Waals surface area contributed by atoms with Crippen molar-refractivity contribution < 1.29 is 4.74 Å². The number of hydrogen-bond acceptors (Lipinski definition) is 1. The molecule has 0 saturated carbocycles. The molecule has 0 N–H and O–H groups in total. The van der Waals surface area contributed by atoms with Gasteiger partial charge in [-0.05, 0) is 47.4 Å². The summed E-state index contributed by atoms with van der Waals surface area (Å²) >= 11 is 0. The SMILES string of the molecule is Cc1cc(C(C)(C)C)cc2c1CCCOC2. The molecule has 1 heterocycles. The zero-order valence-corrected chi connectivity index (χ0v) is 10.9. The highest BCUT2D eigenvalue weighted by Crippen LogP contribution is 2.29. The molecule has 88 valence electrons. The van der Waals surface area contributed by atoms with E-state index in [1.165, 1.54) is 28.7 Å². The van der Waals surface area contributed by atoms with Crippen molar-refractivity contribution in [1.82, 2.24) is 0 Å². The van der Waals surface area contributed by atoms with E-state index in [2.05, 4.69) is 39.8 Å². The quantitative estimate of drug-likeness (QED) is 0.644. The number of hydrogen-bond donors (Lipinski definition) is 0. The molecule has 1 aliphatic rings. The maximum atomic E-state index is 5.64. The fourth-order valence-electron chi connectivity index (χ4n) is 2.34. The predicted octanol–water partition coefficient (Wildman–Crippen LogP) is 3.76. The van der Waals surface area contributed by atoms with E-state index in [4.69, 9.17) is 4.74 Å². The molecule has 0 bridgehead atoms. The molecule has 1 heteroatoms. The van der Waals surface area contributed by atoms with Crippen molar-refractivity contribution >= 4 is 0 Å². The molecule has 2 rings (SSSR count).